The molecule has 0 rings (SSSR count). The monoisotopic (exact) mass is 245 g/mol. The van der Waals surface area contributed by atoms with E-state index in [-0.39, 0.29) is 0 Å². The number of rotatable bonds is 3. The van der Waals surface area contributed by atoms with Crippen LogP contribution in [0.2, 0.25) is 36.8 Å². The van der Waals surface area contributed by atoms with Crippen molar-refractivity contribution < 1.29 is 0 Å². The van der Waals surface area contributed by atoms with E-state index in [0.717, 1.165) is 5.54 Å². The van der Waals surface area contributed by atoms with Crippen LogP contribution in [0, 0.1) is 0 Å². The van der Waals surface area contributed by atoms with Gasteiger partial charge in [-0.3, -0.25) is 0 Å². The van der Waals surface area contributed by atoms with Crippen LogP contribution >= 0.6 is 0 Å². The predicted molar refractivity (Wildman–Crippen MR) is 77.5 cm³/mol. The molecule has 0 aliphatic heterocycles. The Morgan fingerprint density at radius 1 is 0.933 bits per heavy atom. The van der Waals surface area contributed by atoms with E-state index in [1.54, 1.807) is 0 Å². The maximum atomic E-state index is 2.81. The van der Waals surface area contributed by atoms with E-state index in [2.05, 4.69) is 72.1 Å². The van der Waals surface area contributed by atoms with Crippen molar-refractivity contribution >= 4 is 16.5 Å². The molecule has 0 bridgehead atoms. The summed E-state index contributed by atoms with van der Waals surface area (Å²) in [5.41, 5.74) is 0.814. The average molecular weight is 246 g/mol. The molecular weight excluding hydrogens is 214 g/mol. The molecule has 0 radical (unpaired) electrons. The van der Waals surface area contributed by atoms with Crippen molar-refractivity contribution in [2.45, 2.75) is 71.4 Å². The van der Waals surface area contributed by atoms with Crippen molar-refractivity contribution in [3.05, 3.63) is 0 Å². The summed E-state index contributed by atoms with van der Waals surface area (Å²) >= 11 is 0. The van der Waals surface area contributed by atoms with E-state index < -0.39 is 16.5 Å². The first kappa shape index (κ1) is 15.4. The highest BCUT2D eigenvalue weighted by Gasteiger charge is 2.49. The van der Waals surface area contributed by atoms with Crippen molar-refractivity contribution in [1.82, 2.24) is 4.23 Å². The minimum absolute atomic E-state index is 0.455. The summed E-state index contributed by atoms with van der Waals surface area (Å²) in [5.74, 6) is 0. The number of hydrogen-bond acceptors (Lipinski definition) is 1. The molecule has 0 heterocycles. The molecule has 0 aromatic heterocycles. The minimum Gasteiger partial charge on any atom is -0.348 e. The van der Waals surface area contributed by atoms with E-state index in [4.69, 9.17) is 0 Å². The van der Waals surface area contributed by atoms with Crippen LogP contribution in [0.1, 0.15) is 34.6 Å². The quantitative estimate of drug-likeness (QED) is 0.660. The molecule has 0 aromatic carbocycles. The zero-order valence-electron chi connectivity index (χ0n) is 12.5. The second kappa shape index (κ2) is 4.34. The summed E-state index contributed by atoms with van der Waals surface area (Å²) in [6, 6.07) is 0. The first-order chi connectivity index (χ1) is 6.35. The van der Waals surface area contributed by atoms with Crippen LogP contribution in [-0.4, -0.2) is 27.7 Å². The van der Waals surface area contributed by atoms with Crippen molar-refractivity contribution in [2.75, 3.05) is 7.05 Å². The van der Waals surface area contributed by atoms with Gasteiger partial charge in [0.1, 0.15) is 16.5 Å². The van der Waals surface area contributed by atoms with Gasteiger partial charge in [-0.2, -0.15) is 0 Å². The standard InChI is InChI=1S/C12H31NSi2/c1-11(2)15(10,12(3,4)5)13(6)14(7,8)9/h11H,1-10H3. The van der Waals surface area contributed by atoms with Gasteiger partial charge >= 0.3 is 0 Å². The predicted octanol–water partition coefficient (Wildman–Crippen LogP) is 4.54. The highest BCUT2D eigenvalue weighted by Crippen LogP contribution is 2.46. The third-order valence-corrected chi connectivity index (χ3v) is 16.4. The SMILES string of the molecule is CC(C)[Si](C)(N(C)[Si](C)(C)C)C(C)(C)C. The molecule has 0 saturated heterocycles. The molecule has 15 heavy (non-hydrogen) atoms. The maximum Gasteiger partial charge on any atom is 0.126 e. The molecule has 0 aromatic rings. The topological polar surface area (TPSA) is 3.24 Å². The smallest absolute Gasteiger partial charge is 0.126 e. The summed E-state index contributed by atoms with van der Waals surface area (Å²) in [6.45, 7) is 22.1. The van der Waals surface area contributed by atoms with E-state index in [1.807, 2.05) is 0 Å². The fourth-order valence-electron chi connectivity index (χ4n) is 2.45. The molecule has 92 valence electrons. The molecule has 0 amide bonds. The lowest BCUT2D eigenvalue weighted by Crippen LogP contribution is -2.65. The summed E-state index contributed by atoms with van der Waals surface area (Å²) in [4.78, 5) is 0. The van der Waals surface area contributed by atoms with Gasteiger partial charge in [-0.05, 0) is 17.6 Å². The van der Waals surface area contributed by atoms with Gasteiger partial charge < -0.3 is 4.23 Å². The Bertz CT molecular complexity index is 213. The van der Waals surface area contributed by atoms with Gasteiger partial charge in [0.15, 0.2) is 0 Å². The summed E-state index contributed by atoms with van der Waals surface area (Å²) in [7, 11) is -0.167. The normalized spacial score (nSPS) is 18.4. The lowest BCUT2D eigenvalue weighted by Gasteiger charge is -2.54. The first-order valence-electron chi connectivity index (χ1n) is 6.09. The van der Waals surface area contributed by atoms with Crippen LogP contribution in [-0.2, 0) is 0 Å². The van der Waals surface area contributed by atoms with E-state index in [9.17, 15) is 0 Å². The number of nitrogens with zero attached hydrogens (tertiary/aromatic N) is 1. The molecule has 0 aliphatic carbocycles. The highest BCUT2D eigenvalue weighted by atomic mass is 28.4. The molecule has 0 aliphatic rings. The molecule has 0 N–H and O–H groups in total. The zero-order valence-corrected chi connectivity index (χ0v) is 14.5. The van der Waals surface area contributed by atoms with Crippen LogP contribution < -0.4 is 0 Å². The molecule has 3 heteroatoms. The van der Waals surface area contributed by atoms with Gasteiger partial charge in [0.2, 0.25) is 0 Å². The maximum absolute atomic E-state index is 2.81. The fourth-order valence-corrected chi connectivity index (χ4v) is 13.3. The van der Waals surface area contributed by atoms with E-state index in [1.165, 1.54) is 0 Å². The van der Waals surface area contributed by atoms with Gasteiger partial charge in [-0.1, -0.05) is 60.8 Å². The second-order valence-corrected chi connectivity index (χ2v) is 18.4. The van der Waals surface area contributed by atoms with Crippen LogP contribution in [0.25, 0.3) is 0 Å². The van der Waals surface area contributed by atoms with Gasteiger partial charge in [-0.25, -0.2) is 0 Å². The third kappa shape index (κ3) is 2.95. The van der Waals surface area contributed by atoms with Gasteiger partial charge in [0, 0.05) is 0 Å². The highest BCUT2D eigenvalue weighted by molar-refractivity contribution is 6.92. The summed E-state index contributed by atoms with van der Waals surface area (Å²) in [6.07, 6.45) is 0. The largest absolute Gasteiger partial charge is 0.348 e. The molecule has 0 saturated carbocycles. The Hall–Kier alpha value is 0.394. The van der Waals surface area contributed by atoms with Crippen LogP contribution in [0.3, 0.4) is 0 Å². The first-order valence-corrected chi connectivity index (χ1v) is 12.1. The molecule has 0 spiro atoms. The van der Waals surface area contributed by atoms with Crippen molar-refractivity contribution in [2.24, 2.45) is 0 Å². The number of hydrogen-bond donors (Lipinski definition) is 0. The van der Waals surface area contributed by atoms with E-state index >= 15 is 0 Å². The molecule has 0 fully saturated rings. The Kier molecular flexibility index (Phi) is 4.45. The fraction of sp³-hybridized carbons (Fsp3) is 1.00. The molecule has 1 unspecified atom stereocenters. The average Bonchev–Trinajstić information content (AvgIpc) is 1.97. The Morgan fingerprint density at radius 3 is 1.33 bits per heavy atom. The van der Waals surface area contributed by atoms with E-state index in [0.29, 0.717) is 5.04 Å². The molecule has 1 atom stereocenters. The zero-order chi connectivity index (χ0) is 12.7. The summed E-state index contributed by atoms with van der Waals surface area (Å²) < 4.78 is 2.81. The van der Waals surface area contributed by atoms with Crippen molar-refractivity contribution in [1.29, 1.82) is 0 Å². The van der Waals surface area contributed by atoms with Crippen molar-refractivity contribution in [3.8, 4) is 0 Å². The Morgan fingerprint density at radius 2 is 1.27 bits per heavy atom. The minimum atomic E-state index is -1.37. The third-order valence-electron chi connectivity index (χ3n) is 4.35. The lowest BCUT2D eigenvalue weighted by atomic mass is 10.2. The Labute approximate surface area is 99.4 Å². The second-order valence-electron chi connectivity index (χ2n) is 7.28. The molecule has 1 nitrogen and oxygen atoms in total. The van der Waals surface area contributed by atoms with Gasteiger partial charge in [0.25, 0.3) is 0 Å². The lowest BCUT2D eigenvalue weighted by molar-refractivity contribution is 0.587. The Balaban J connectivity index is 5.33. The van der Waals surface area contributed by atoms with Crippen LogP contribution in [0.5, 0.6) is 0 Å². The summed E-state index contributed by atoms with van der Waals surface area (Å²) in [5, 5.41) is 0.455. The van der Waals surface area contributed by atoms with Crippen LogP contribution in [0.4, 0.5) is 0 Å². The van der Waals surface area contributed by atoms with Crippen LogP contribution in [0.15, 0.2) is 0 Å². The van der Waals surface area contributed by atoms with Gasteiger partial charge in [0.05, 0.1) is 0 Å². The van der Waals surface area contributed by atoms with Gasteiger partial charge in [-0.15, -0.1) is 0 Å². The molecular formula is C12H31NSi2. The van der Waals surface area contributed by atoms with Crippen molar-refractivity contribution in [3.63, 3.8) is 0 Å².